The lowest BCUT2D eigenvalue weighted by molar-refractivity contribution is -0.0227. The Labute approximate surface area is 132 Å². The van der Waals surface area contributed by atoms with Crippen LogP contribution in [-0.2, 0) is 6.42 Å². The molecule has 3 heteroatoms. The standard InChI is InChI=1S/C19H26O3/c1-19-10-9-12-11-5-7-16(20)18(22-2)14(11)4-3-13(12)15(19)6-8-17(19)21/h5,7,12-13,15,17,20-21H,3-4,6,8-10H2,1-2H3/t12?,13-,15?,17+,19+/m1/s1. The summed E-state index contributed by atoms with van der Waals surface area (Å²) in [5.41, 5.74) is 2.72. The van der Waals surface area contributed by atoms with Crippen LogP contribution in [0.1, 0.15) is 56.1 Å². The topological polar surface area (TPSA) is 49.7 Å². The van der Waals surface area contributed by atoms with E-state index in [0.29, 0.717) is 23.5 Å². The number of hydrogen-bond acceptors (Lipinski definition) is 3. The van der Waals surface area contributed by atoms with Crippen LogP contribution in [0.4, 0.5) is 0 Å². The van der Waals surface area contributed by atoms with Gasteiger partial charge in [-0.15, -0.1) is 0 Å². The lowest BCUT2D eigenvalue weighted by Gasteiger charge is -2.50. The molecule has 0 saturated heterocycles. The average molecular weight is 302 g/mol. The molecule has 1 aromatic carbocycles. The number of phenolic OH excluding ortho intramolecular Hbond substituents is 1. The van der Waals surface area contributed by atoms with Gasteiger partial charge in [0.1, 0.15) is 0 Å². The van der Waals surface area contributed by atoms with Gasteiger partial charge >= 0.3 is 0 Å². The van der Waals surface area contributed by atoms with E-state index in [1.165, 1.54) is 17.5 Å². The summed E-state index contributed by atoms with van der Waals surface area (Å²) in [5.74, 6) is 2.83. The minimum Gasteiger partial charge on any atom is -0.504 e. The van der Waals surface area contributed by atoms with Gasteiger partial charge in [0.15, 0.2) is 11.5 Å². The molecule has 0 radical (unpaired) electrons. The molecule has 0 heterocycles. The van der Waals surface area contributed by atoms with Crippen molar-refractivity contribution in [2.75, 3.05) is 7.11 Å². The van der Waals surface area contributed by atoms with Gasteiger partial charge in [-0.25, -0.2) is 0 Å². The SMILES string of the molecule is COc1c(O)ccc2c1CC[C@@H]1C2CC[C@@]2(C)C1CC[C@@H]2O. The first-order valence-corrected chi connectivity index (χ1v) is 8.63. The van der Waals surface area contributed by atoms with Crippen molar-refractivity contribution in [3.05, 3.63) is 23.3 Å². The van der Waals surface area contributed by atoms with Crippen LogP contribution < -0.4 is 4.74 Å². The maximum absolute atomic E-state index is 10.4. The highest BCUT2D eigenvalue weighted by molar-refractivity contribution is 5.52. The summed E-state index contributed by atoms with van der Waals surface area (Å²) in [6, 6.07) is 3.90. The van der Waals surface area contributed by atoms with E-state index in [0.717, 1.165) is 32.1 Å². The summed E-state index contributed by atoms with van der Waals surface area (Å²) >= 11 is 0. The second-order valence-corrected chi connectivity index (χ2v) is 7.74. The third kappa shape index (κ3) is 1.78. The summed E-state index contributed by atoms with van der Waals surface area (Å²) < 4.78 is 5.46. The number of aliphatic hydroxyl groups is 1. The molecule has 0 aromatic heterocycles. The Bertz CT molecular complexity index is 597. The highest BCUT2D eigenvalue weighted by Gasteiger charge is 2.54. The predicted molar refractivity (Wildman–Crippen MR) is 85.3 cm³/mol. The van der Waals surface area contributed by atoms with Crippen LogP contribution in [0, 0.1) is 17.3 Å². The van der Waals surface area contributed by atoms with Gasteiger partial charge in [0.25, 0.3) is 0 Å². The Kier molecular flexibility index (Phi) is 3.19. The molecular weight excluding hydrogens is 276 g/mol. The maximum atomic E-state index is 10.4. The van der Waals surface area contributed by atoms with E-state index in [1.807, 2.05) is 0 Å². The van der Waals surface area contributed by atoms with Crippen molar-refractivity contribution in [2.45, 2.75) is 57.5 Å². The van der Waals surface area contributed by atoms with Crippen molar-refractivity contribution in [1.82, 2.24) is 0 Å². The highest BCUT2D eigenvalue weighted by Crippen LogP contribution is 2.61. The van der Waals surface area contributed by atoms with E-state index in [2.05, 4.69) is 13.0 Å². The molecule has 2 fully saturated rings. The molecule has 3 nitrogen and oxygen atoms in total. The maximum Gasteiger partial charge on any atom is 0.163 e. The first-order valence-electron chi connectivity index (χ1n) is 8.63. The first-order chi connectivity index (χ1) is 10.6. The molecule has 22 heavy (non-hydrogen) atoms. The van der Waals surface area contributed by atoms with Crippen LogP contribution in [0.15, 0.2) is 12.1 Å². The first kappa shape index (κ1) is 14.4. The number of methoxy groups -OCH3 is 1. The molecule has 2 N–H and O–H groups in total. The quantitative estimate of drug-likeness (QED) is 0.833. The molecule has 2 saturated carbocycles. The van der Waals surface area contributed by atoms with Crippen LogP contribution in [0.5, 0.6) is 11.5 Å². The van der Waals surface area contributed by atoms with Crippen molar-refractivity contribution < 1.29 is 14.9 Å². The summed E-state index contributed by atoms with van der Waals surface area (Å²) in [7, 11) is 1.65. The molecule has 1 aromatic rings. The van der Waals surface area contributed by atoms with E-state index < -0.39 is 0 Å². The molecule has 3 aliphatic carbocycles. The smallest absolute Gasteiger partial charge is 0.163 e. The van der Waals surface area contributed by atoms with E-state index in [1.54, 1.807) is 13.2 Å². The molecule has 0 aliphatic heterocycles. The number of aliphatic hydroxyl groups excluding tert-OH is 1. The van der Waals surface area contributed by atoms with Crippen molar-refractivity contribution in [3.63, 3.8) is 0 Å². The van der Waals surface area contributed by atoms with Crippen LogP contribution in [0.3, 0.4) is 0 Å². The fraction of sp³-hybridized carbons (Fsp3) is 0.684. The van der Waals surface area contributed by atoms with Crippen LogP contribution >= 0.6 is 0 Å². The normalized spacial score (nSPS) is 39.8. The Morgan fingerprint density at radius 2 is 2.00 bits per heavy atom. The fourth-order valence-corrected chi connectivity index (χ4v) is 5.82. The zero-order valence-electron chi connectivity index (χ0n) is 13.5. The lowest BCUT2D eigenvalue weighted by Crippen LogP contribution is -2.43. The number of rotatable bonds is 1. The van der Waals surface area contributed by atoms with Crippen molar-refractivity contribution >= 4 is 0 Å². The molecule has 2 unspecified atom stereocenters. The second kappa shape index (κ2) is 4.89. The van der Waals surface area contributed by atoms with Gasteiger partial charge in [-0.2, -0.15) is 0 Å². The summed E-state index contributed by atoms with van der Waals surface area (Å²) in [4.78, 5) is 0. The van der Waals surface area contributed by atoms with E-state index >= 15 is 0 Å². The summed E-state index contributed by atoms with van der Waals surface area (Å²) in [5, 5.41) is 20.5. The van der Waals surface area contributed by atoms with Gasteiger partial charge in [-0.1, -0.05) is 13.0 Å². The third-order valence-electron chi connectivity index (χ3n) is 6.99. The molecule has 5 atom stereocenters. The second-order valence-electron chi connectivity index (χ2n) is 7.74. The number of benzene rings is 1. The van der Waals surface area contributed by atoms with Crippen LogP contribution in [0.2, 0.25) is 0 Å². The van der Waals surface area contributed by atoms with Gasteiger partial charge < -0.3 is 14.9 Å². The van der Waals surface area contributed by atoms with Crippen molar-refractivity contribution in [1.29, 1.82) is 0 Å². The zero-order valence-corrected chi connectivity index (χ0v) is 13.5. The monoisotopic (exact) mass is 302 g/mol. The molecule has 0 spiro atoms. The lowest BCUT2D eigenvalue weighted by atomic mass is 9.55. The van der Waals surface area contributed by atoms with Crippen molar-refractivity contribution in [3.8, 4) is 11.5 Å². The molecular formula is C19H26O3. The van der Waals surface area contributed by atoms with Gasteiger partial charge in [0, 0.05) is 5.56 Å². The number of fused-ring (bicyclic) bond motifs is 5. The zero-order chi connectivity index (χ0) is 15.5. The summed E-state index contributed by atoms with van der Waals surface area (Å²) in [6.45, 7) is 2.30. The Morgan fingerprint density at radius 3 is 2.77 bits per heavy atom. The van der Waals surface area contributed by atoms with Gasteiger partial charge in [-0.05, 0) is 73.3 Å². The Balaban J connectivity index is 1.74. The molecule has 0 bridgehead atoms. The number of phenols is 1. The number of ether oxygens (including phenoxy) is 1. The molecule has 4 rings (SSSR count). The van der Waals surface area contributed by atoms with Crippen LogP contribution in [0.25, 0.3) is 0 Å². The fourth-order valence-electron chi connectivity index (χ4n) is 5.82. The molecule has 0 amide bonds. The van der Waals surface area contributed by atoms with Gasteiger partial charge in [0.05, 0.1) is 13.2 Å². The Hall–Kier alpha value is -1.22. The van der Waals surface area contributed by atoms with Crippen LogP contribution in [-0.4, -0.2) is 23.4 Å². The Morgan fingerprint density at radius 1 is 1.18 bits per heavy atom. The van der Waals surface area contributed by atoms with E-state index in [9.17, 15) is 10.2 Å². The van der Waals surface area contributed by atoms with Gasteiger partial charge in [-0.3, -0.25) is 0 Å². The average Bonchev–Trinajstić information content (AvgIpc) is 2.82. The number of aromatic hydroxyl groups is 1. The summed E-state index contributed by atoms with van der Waals surface area (Å²) in [6.07, 6.45) is 6.42. The minimum atomic E-state index is -0.116. The third-order valence-corrected chi connectivity index (χ3v) is 6.99. The van der Waals surface area contributed by atoms with E-state index in [-0.39, 0.29) is 17.3 Å². The highest BCUT2D eigenvalue weighted by atomic mass is 16.5. The minimum absolute atomic E-state index is 0.116. The number of hydrogen-bond donors (Lipinski definition) is 2. The largest absolute Gasteiger partial charge is 0.504 e. The predicted octanol–water partition coefficient (Wildman–Crippen LogP) is 3.62. The van der Waals surface area contributed by atoms with Crippen molar-refractivity contribution in [2.24, 2.45) is 17.3 Å². The van der Waals surface area contributed by atoms with E-state index in [4.69, 9.17) is 4.74 Å². The van der Waals surface area contributed by atoms with Gasteiger partial charge in [0.2, 0.25) is 0 Å². The molecule has 120 valence electrons. The molecule has 3 aliphatic rings.